The predicted octanol–water partition coefficient (Wildman–Crippen LogP) is 3.05. The summed E-state index contributed by atoms with van der Waals surface area (Å²) < 4.78 is 0. The largest absolute Gasteiger partial charge is 0.309 e. The molecule has 1 aliphatic heterocycles. The minimum Gasteiger partial charge on any atom is -0.309 e. The van der Waals surface area contributed by atoms with Crippen LogP contribution in [-0.2, 0) is 13.0 Å². The quantitative estimate of drug-likeness (QED) is 0.889. The Balaban J connectivity index is 1.55. The van der Waals surface area contributed by atoms with Crippen molar-refractivity contribution in [2.24, 2.45) is 0 Å². The number of hydrogen-bond acceptors (Lipinski definition) is 2. The van der Waals surface area contributed by atoms with Crippen molar-refractivity contribution >= 4 is 0 Å². The lowest BCUT2D eigenvalue weighted by molar-refractivity contribution is 0.425. The fourth-order valence-corrected chi connectivity index (χ4v) is 2.84. The van der Waals surface area contributed by atoms with E-state index in [-0.39, 0.29) is 0 Å². The molecule has 0 aromatic heterocycles. The van der Waals surface area contributed by atoms with Crippen LogP contribution in [0.5, 0.6) is 0 Å². The fraction of sp³-hybridized carbons (Fsp3) is 0.333. The highest BCUT2D eigenvalue weighted by molar-refractivity contribution is 5.30. The standard InChI is InChI=1S/C18H22N2/c1-14(15-7-3-2-4-8-15)19-13-18-11-16-9-5-6-10-17(16)12-20-18/h2-10,14,18-20H,11-13H2,1H3/t14-,18+/m1/s1. The van der Waals surface area contributed by atoms with E-state index in [9.17, 15) is 0 Å². The molecule has 0 bridgehead atoms. The maximum atomic E-state index is 3.64. The molecule has 3 rings (SSSR count). The van der Waals surface area contributed by atoms with Gasteiger partial charge in [0.25, 0.3) is 0 Å². The Morgan fingerprint density at radius 1 is 1.05 bits per heavy atom. The summed E-state index contributed by atoms with van der Waals surface area (Å²) in [5.41, 5.74) is 4.29. The molecule has 0 amide bonds. The van der Waals surface area contributed by atoms with Gasteiger partial charge in [-0.05, 0) is 30.0 Å². The molecule has 0 radical (unpaired) electrons. The summed E-state index contributed by atoms with van der Waals surface area (Å²) in [6, 6.07) is 20.3. The van der Waals surface area contributed by atoms with E-state index in [1.807, 2.05) is 0 Å². The molecular weight excluding hydrogens is 244 g/mol. The van der Waals surface area contributed by atoms with E-state index in [4.69, 9.17) is 0 Å². The molecule has 2 aromatic carbocycles. The Morgan fingerprint density at radius 3 is 2.55 bits per heavy atom. The van der Waals surface area contributed by atoms with E-state index in [1.54, 1.807) is 0 Å². The molecule has 0 fully saturated rings. The summed E-state index contributed by atoms with van der Waals surface area (Å²) in [5, 5.41) is 7.26. The Hall–Kier alpha value is -1.64. The summed E-state index contributed by atoms with van der Waals surface area (Å²) in [4.78, 5) is 0. The molecule has 0 spiro atoms. The van der Waals surface area contributed by atoms with Gasteiger partial charge in [-0.2, -0.15) is 0 Å². The molecule has 0 saturated heterocycles. The third-order valence-electron chi connectivity index (χ3n) is 4.14. The molecule has 2 aromatic rings. The lowest BCUT2D eigenvalue weighted by Crippen LogP contribution is -2.43. The number of hydrogen-bond donors (Lipinski definition) is 2. The first-order valence-electron chi connectivity index (χ1n) is 7.41. The molecule has 104 valence electrons. The first kappa shape index (κ1) is 13.3. The summed E-state index contributed by atoms with van der Waals surface area (Å²) in [6.45, 7) is 4.22. The lowest BCUT2D eigenvalue weighted by Gasteiger charge is -2.27. The summed E-state index contributed by atoms with van der Waals surface area (Å²) in [5.74, 6) is 0. The molecule has 2 nitrogen and oxygen atoms in total. The zero-order valence-corrected chi connectivity index (χ0v) is 12.0. The van der Waals surface area contributed by atoms with Gasteiger partial charge in [-0.25, -0.2) is 0 Å². The molecule has 20 heavy (non-hydrogen) atoms. The molecule has 2 atom stereocenters. The van der Waals surface area contributed by atoms with Gasteiger partial charge in [0.15, 0.2) is 0 Å². The third-order valence-corrected chi connectivity index (χ3v) is 4.14. The van der Waals surface area contributed by atoms with Gasteiger partial charge in [0, 0.05) is 25.2 Å². The Labute approximate surface area is 121 Å². The molecule has 0 unspecified atom stereocenters. The lowest BCUT2D eigenvalue weighted by atomic mass is 9.95. The highest BCUT2D eigenvalue weighted by Gasteiger charge is 2.17. The van der Waals surface area contributed by atoms with Crippen molar-refractivity contribution < 1.29 is 0 Å². The van der Waals surface area contributed by atoms with E-state index in [0.29, 0.717) is 12.1 Å². The van der Waals surface area contributed by atoms with Crippen LogP contribution in [0.3, 0.4) is 0 Å². The number of nitrogens with one attached hydrogen (secondary N) is 2. The van der Waals surface area contributed by atoms with Crippen molar-refractivity contribution in [2.75, 3.05) is 6.54 Å². The number of fused-ring (bicyclic) bond motifs is 1. The van der Waals surface area contributed by atoms with Crippen LogP contribution in [0.1, 0.15) is 29.7 Å². The summed E-state index contributed by atoms with van der Waals surface area (Å²) in [7, 11) is 0. The molecule has 0 saturated carbocycles. The van der Waals surface area contributed by atoms with Crippen LogP contribution in [0.15, 0.2) is 54.6 Å². The van der Waals surface area contributed by atoms with Gasteiger partial charge in [0.05, 0.1) is 0 Å². The van der Waals surface area contributed by atoms with Gasteiger partial charge in [-0.15, -0.1) is 0 Å². The minimum atomic E-state index is 0.398. The van der Waals surface area contributed by atoms with Crippen LogP contribution in [-0.4, -0.2) is 12.6 Å². The van der Waals surface area contributed by atoms with Crippen LogP contribution in [0.4, 0.5) is 0 Å². The first-order chi connectivity index (χ1) is 9.83. The van der Waals surface area contributed by atoms with Gasteiger partial charge in [-0.3, -0.25) is 0 Å². The van der Waals surface area contributed by atoms with E-state index < -0.39 is 0 Å². The maximum absolute atomic E-state index is 3.64. The van der Waals surface area contributed by atoms with Crippen molar-refractivity contribution in [2.45, 2.75) is 32.0 Å². The van der Waals surface area contributed by atoms with Gasteiger partial charge < -0.3 is 10.6 Å². The van der Waals surface area contributed by atoms with Crippen LogP contribution in [0.25, 0.3) is 0 Å². The van der Waals surface area contributed by atoms with Crippen LogP contribution in [0.2, 0.25) is 0 Å². The molecule has 2 heteroatoms. The smallest absolute Gasteiger partial charge is 0.0292 e. The van der Waals surface area contributed by atoms with Gasteiger partial charge in [0.2, 0.25) is 0 Å². The average Bonchev–Trinajstić information content (AvgIpc) is 2.53. The van der Waals surface area contributed by atoms with E-state index in [2.05, 4.69) is 72.2 Å². The topological polar surface area (TPSA) is 24.1 Å². The SMILES string of the molecule is C[C@@H](NC[C@@H]1Cc2ccccc2CN1)c1ccccc1. The maximum Gasteiger partial charge on any atom is 0.0292 e. The van der Waals surface area contributed by atoms with E-state index in [1.165, 1.54) is 16.7 Å². The van der Waals surface area contributed by atoms with Gasteiger partial charge in [-0.1, -0.05) is 54.6 Å². The van der Waals surface area contributed by atoms with Crippen LogP contribution in [0, 0.1) is 0 Å². The number of benzene rings is 2. The van der Waals surface area contributed by atoms with Crippen molar-refractivity contribution in [3.05, 3.63) is 71.3 Å². The Morgan fingerprint density at radius 2 is 1.75 bits per heavy atom. The Kier molecular flexibility index (Phi) is 4.14. The van der Waals surface area contributed by atoms with Gasteiger partial charge in [0.1, 0.15) is 0 Å². The fourth-order valence-electron chi connectivity index (χ4n) is 2.84. The molecule has 0 aliphatic carbocycles. The van der Waals surface area contributed by atoms with E-state index in [0.717, 1.165) is 19.5 Å². The summed E-state index contributed by atoms with van der Waals surface area (Å²) >= 11 is 0. The highest BCUT2D eigenvalue weighted by atomic mass is 15.0. The second-order valence-corrected chi connectivity index (χ2v) is 5.59. The second kappa shape index (κ2) is 6.21. The van der Waals surface area contributed by atoms with Crippen LogP contribution >= 0.6 is 0 Å². The predicted molar refractivity (Wildman–Crippen MR) is 83.6 cm³/mol. The van der Waals surface area contributed by atoms with Crippen molar-refractivity contribution in [1.82, 2.24) is 10.6 Å². The van der Waals surface area contributed by atoms with Gasteiger partial charge >= 0.3 is 0 Å². The minimum absolute atomic E-state index is 0.398. The van der Waals surface area contributed by atoms with Crippen LogP contribution < -0.4 is 10.6 Å². The molecule has 2 N–H and O–H groups in total. The van der Waals surface area contributed by atoms with E-state index >= 15 is 0 Å². The monoisotopic (exact) mass is 266 g/mol. The summed E-state index contributed by atoms with van der Waals surface area (Å²) in [6.07, 6.45) is 1.12. The molecular formula is C18H22N2. The van der Waals surface area contributed by atoms with Crippen molar-refractivity contribution in [1.29, 1.82) is 0 Å². The van der Waals surface area contributed by atoms with Crippen molar-refractivity contribution in [3.8, 4) is 0 Å². The first-order valence-corrected chi connectivity index (χ1v) is 7.41. The highest BCUT2D eigenvalue weighted by Crippen LogP contribution is 2.17. The zero-order valence-electron chi connectivity index (χ0n) is 12.0. The Bertz CT molecular complexity index is 550. The normalized spacial score (nSPS) is 19.4. The molecule has 1 aliphatic rings. The third kappa shape index (κ3) is 3.09. The number of rotatable bonds is 4. The second-order valence-electron chi connectivity index (χ2n) is 5.59. The average molecular weight is 266 g/mol. The zero-order chi connectivity index (χ0) is 13.8. The van der Waals surface area contributed by atoms with Crippen molar-refractivity contribution in [3.63, 3.8) is 0 Å². The molecule has 1 heterocycles.